The van der Waals surface area contributed by atoms with E-state index < -0.39 is 17.7 Å². The Morgan fingerprint density at radius 2 is 1.82 bits per heavy atom. The number of nitrogens with one attached hydrogen (secondary N) is 1. The van der Waals surface area contributed by atoms with Crippen molar-refractivity contribution in [2.75, 3.05) is 11.9 Å². The number of benzene rings is 1. The van der Waals surface area contributed by atoms with Crippen LogP contribution in [0.15, 0.2) is 52.2 Å². The molecule has 0 unspecified atom stereocenters. The number of ether oxygens (including phenoxy) is 1. The molecule has 1 aliphatic heterocycles. The molecule has 1 N–H and O–H groups in total. The van der Waals surface area contributed by atoms with Gasteiger partial charge in [-0.25, -0.2) is 0 Å². The highest BCUT2D eigenvalue weighted by Crippen LogP contribution is 2.26. The van der Waals surface area contributed by atoms with Crippen molar-refractivity contribution in [3.05, 3.63) is 74.4 Å². The second-order valence-electron chi connectivity index (χ2n) is 7.35. The highest BCUT2D eigenvalue weighted by atomic mass is 19.4. The average molecular weight is 461 g/mol. The van der Waals surface area contributed by atoms with Gasteiger partial charge in [-0.1, -0.05) is 0 Å². The molecule has 3 heterocycles. The Labute approximate surface area is 184 Å². The second kappa shape index (κ2) is 8.45. The van der Waals surface area contributed by atoms with Crippen molar-refractivity contribution < 1.29 is 22.7 Å². The average Bonchev–Trinajstić information content (AvgIpc) is 2.78. The maximum Gasteiger partial charge on any atom is 0.573 e. The monoisotopic (exact) mass is 461 g/mol. The SMILES string of the molecule is Cn1cccc(Nc2nn(-c3ccc(OC(F)(F)F)cc3)c(=O)c3c2CN(C=O)CC3)c1=O. The Morgan fingerprint density at radius 3 is 2.48 bits per heavy atom. The highest BCUT2D eigenvalue weighted by Gasteiger charge is 2.31. The van der Waals surface area contributed by atoms with Crippen LogP contribution in [0.5, 0.6) is 5.75 Å². The zero-order valence-electron chi connectivity index (χ0n) is 17.3. The number of halogens is 3. The summed E-state index contributed by atoms with van der Waals surface area (Å²) in [5.41, 5.74) is 0.483. The summed E-state index contributed by atoms with van der Waals surface area (Å²) in [6, 6.07) is 7.90. The van der Waals surface area contributed by atoms with Crippen LogP contribution in [0.2, 0.25) is 0 Å². The summed E-state index contributed by atoms with van der Waals surface area (Å²) in [6.07, 6.45) is -2.34. The maximum atomic E-state index is 13.1. The van der Waals surface area contributed by atoms with E-state index in [2.05, 4.69) is 15.2 Å². The van der Waals surface area contributed by atoms with Gasteiger partial charge in [0.15, 0.2) is 5.82 Å². The lowest BCUT2D eigenvalue weighted by Gasteiger charge is -2.27. The van der Waals surface area contributed by atoms with Crippen molar-refractivity contribution in [3.63, 3.8) is 0 Å². The number of nitrogens with zero attached hydrogens (tertiary/aromatic N) is 4. The van der Waals surface area contributed by atoms with Crippen LogP contribution >= 0.6 is 0 Å². The van der Waals surface area contributed by atoms with Gasteiger partial charge < -0.3 is 19.5 Å². The van der Waals surface area contributed by atoms with Gasteiger partial charge in [0.2, 0.25) is 6.41 Å². The van der Waals surface area contributed by atoms with Crippen molar-refractivity contribution in [1.29, 1.82) is 0 Å². The van der Waals surface area contributed by atoms with Crippen LogP contribution in [-0.4, -0.2) is 38.6 Å². The van der Waals surface area contributed by atoms with Gasteiger partial charge in [-0.2, -0.15) is 4.68 Å². The molecule has 0 bridgehead atoms. The lowest BCUT2D eigenvalue weighted by molar-refractivity contribution is -0.274. The van der Waals surface area contributed by atoms with Crippen LogP contribution in [0.3, 0.4) is 0 Å². The van der Waals surface area contributed by atoms with Crippen molar-refractivity contribution >= 4 is 17.9 Å². The minimum Gasteiger partial charge on any atom is -0.406 e. The number of fused-ring (bicyclic) bond motifs is 1. The molecule has 1 amide bonds. The zero-order valence-corrected chi connectivity index (χ0v) is 17.3. The molecule has 2 aromatic heterocycles. The van der Waals surface area contributed by atoms with Crippen LogP contribution in [0.25, 0.3) is 5.69 Å². The van der Waals surface area contributed by atoms with Crippen LogP contribution in [-0.2, 0) is 24.8 Å². The lowest BCUT2D eigenvalue weighted by atomic mass is 10.0. The molecular weight excluding hydrogens is 443 g/mol. The molecule has 0 fully saturated rings. The van der Waals surface area contributed by atoms with Gasteiger partial charge in [-0.15, -0.1) is 18.3 Å². The largest absolute Gasteiger partial charge is 0.573 e. The van der Waals surface area contributed by atoms with E-state index >= 15 is 0 Å². The number of carbonyl (C=O) groups excluding carboxylic acids is 1. The molecule has 0 radical (unpaired) electrons. The van der Waals surface area contributed by atoms with Gasteiger partial charge in [0.05, 0.1) is 5.69 Å². The number of alkyl halides is 3. The van der Waals surface area contributed by atoms with E-state index in [0.717, 1.165) is 16.8 Å². The van der Waals surface area contributed by atoms with Gasteiger partial charge in [0.1, 0.15) is 11.4 Å². The van der Waals surface area contributed by atoms with Crippen molar-refractivity contribution in [2.45, 2.75) is 19.3 Å². The summed E-state index contributed by atoms with van der Waals surface area (Å²) in [5.74, 6) is -0.250. The summed E-state index contributed by atoms with van der Waals surface area (Å²) < 4.78 is 43.6. The first-order chi connectivity index (χ1) is 15.7. The molecule has 1 aliphatic rings. The molecule has 9 nitrogen and oxygen atoms in total. The third-order valence-corrected chi connectivity index (χ3v) is 5.15. The normalized spacial score (nSPS) is 13.4. The first-order valence-corrected chi connectivity index (χ1v) is 9.79. The number of hydrogen-bond acceptors (Lipinski definition) is 6. The Balaban J connectivity index is 1.81. The van der Waals surface area contributed by atoms with Crippen molar-refractivity contribution in [1.82, 2.24) is 19.2 Å². The van der Waals surface area contributed by atoms with Gasteiger partial charge in [-0.3, -0.25) is 14.4 Å². The topological polar surface area (TPSA) is 98.5 Å². The van der Waals surface area contributed by atoms with E-state index in [-0.39, 0.29) is 35.7 Å². The summed E-state index contributed by atoms with van der Waals surface area (Å²) in [7, 11) is 1.58. The minimum absolute atomic E-state index is 0.121. The maximum absolute atomic E-state index is 13.1. The fraction of sp³-hybridized carbons (Fsp3) is 0.238. The van der Waals surface area contributed by atoms with Crippen molar-refractivity contribution in [2.24, 2.45) is 7.05 Å². The molecular formula is C21H18F3N5O4. The number of rotatable bonds is 5. The van der Waals surface area contributed by atoms with E-state index in [0.29, 0.717) is 24.1 Å². The first-order valence-electron chi connectivity index (χ1n) is 9.79. The number of aryl methyl sites for hydroxylation is 1. The quantitative estimate of drug-likeness (QED) is 0.585. The third-order valence-electron chi connectivity index (χ3n) is 5.15. The molecule has 0 atom stereocenters. The zero-order chi connectivity index (χ0) is 23.8. The van der Waals surface area contributed by atoms with Gasteiger partial charge in [0.25, 0.3) is 11.1 Å². The molecule has 0 saturated heterocycles. The fourth-order valence-corrected chi connectivity index (χ4v) is 3.55. The van der Waals surface area contributed by atoms with Crippen LogP contribution < -0.4 is 21.2 Å². The molecule has 0 spiro atoms. The van der Waals surface area contributed by atoms with Crippen LogP contribution in [0.4, 0.5) is 24.7 Å². The summed E-state index contributed by atoms with van der Waals surface area (Å²) in [5, 5.41) is 7.28. The standard InChI is InChI=1S/C21H18F3N5O4/c1-27-9-2-3-17(20(27)32)25-18-16-11-28(12-30)10-8-15(16)19(31)29(26-18)13-4-6-14(7-5-13)33-21(22,23)24/h2-7,9,12H,8,10-11H2,1H3,(H,25,26). The molecule has 0 aliphatic carbocycles. The van der Waals surface area contributed by atoms with E-state index in [1.807, 2.05) is 0 Å². The van der Waals surface area contributed by atoms with Crippen LogP contribution in [0.1, 0.15) is 11.1 Å². The summed E-state index contributed by atoms with van der Waals surface area (Å²) >= 11 is 0. The van der Waals surface area contributed by atoms with E-state index in [1.165, 1.54) is 21.6 Å². The number of pyridine rings is 1. The number of amides is 1. The van der Waals surface area contributed by atoms with Crippen molar-refractivity contribution in [3.8, 4) is 11.4 Å². The van der Waals surface area contributed by atoms with E-state index in [4.69, 9.17) is 0 Å². The number of anilines is 2. The van der Waals surface area contributed by atoms with E-state index in [9.17, 15) is 27.6 Å². The number of hydrogen-bond donors (Lipinski definition) is 1. The molecule has 172 valence electrons. The Kier molecular flexibility index (Phi) is 5.66. The second-order valence-corrected chi connectivity index (χ2v) is 7.35. The predicted octanol–water partition coefficient (Wildman–Crippen LogP) is 2.09. The number of aromatic nitrogens is 3. The lowest BCUT2D eigenvalue weighted by Crippen LogP contribution is -2.37. The van der Waals surface area contributed by atoms with Gasteiger partial charge in [0, 0.05) is 37.5 Å². The Morgan fingerprint density at radius 1 is 1.09 bits per heavy atom. The molecule has 1 aromatic carbocycles. The first kappa shape index (κ1) is 22.1. The Hall–Kier alpha value is -4.09. The number of carbonyl (C=O) groups is 1. The molecule has 33 heavy (non-hydrogen) atoms. The summed E-state index contributed by atoms with van der Waals surface area (Å²) in [6.45, 7) is 0.441. The van der Waals surface area contributed by atoms with Crippen LogP contribution in [0, 0.1) is 0 Å². The highest BCUT2D eigenvalue weighted by molar-refractivity contribution is 5.61. The Bertz CT molecular complexity index is 1320. The van der Waals surface area contributed by atoms with Gasteiger partial charge in [-0.05, 0) is 42.8 Å². The molecule has 3 aromatic rings. The minimum atomic E-state index is -4.84. The molecule has 12 heteroatoms. The molecule has 4 rings (SSSR count). The van der Waals surface area contributed by atoms with Gasteiger partial charge >= 0.3 is 6.36 Å². The molecule has 0 saturated carbocycles. The summed E-state index contributed by atoms with van der Waals surface area (Å²) in [4.78, 5) is 38.4. The third kappa shape index (κ3) is 4.59. The van der Waals surface area contributed by atoms with E-state index in [1.54, 1.807) is 25.4 Å². The predicted molar refractivity (Wildman–Crippen MR) is 112 cm³/mol. The fourth-order valence-electron chi connectivity index (χ4n) is 3.55. The smallest absolute Gasteiger partial charge is 0.406 e.